The number of nitrogens with zero attached hydrogens (tertiary/aromatic N) is 4. The van der Waals surface area contributed by atoms with Gasteiger partial charge in [-0.3, -0.25) is 0 Å². The second-order valence-electron chi connectivity index (χ2n) is 8.12. The fourth-order valence-electron chi connectivity index (χ4n) is 3.36. The van der Waals surface area contributed by atoms with Gasteiger partial charge in [0.15, 0.2) is 5.96 Å². The Labute approximate surface area is 165 Å². The van der Waals surface area contributed by atoms with E-state index < -0.39 is 11.5 Å². The Hall–Kier alpha value is -2.64. The minimum Gasteiger partial charge on any atom is -0.444 e. The maximum absolute atomic E-state index is 14.1. The number of hydrogen-bond acceptors (Lipinski definition) is 4. The number of amides is 1. The molecule has 0 aromatic carbocycles. The van der Waals surface area contributed by atoms with Gasteiger partial charge in [-0.25, -0.2) is 14.8 Å². The van der Waals surface area contributed by atoms with Crippen molar-refractivity contribution in [3.05, 3.63) is 42.1 Å². The quantitative estimate of drug-likeness (QED) is 0.788. The van der Waals surface area contributed by atoms with Crippen molar-refractivity contribution < 1.29 is 13.9 Å². The van der Waals surface area contributed by atoms with Crippen LogP contribution in [0.15, 0.2) is 35.6 Å². The molecule has 0 bridgehead atoms. The summed E-state index contributed by atoms with van der Waals surface area (Å²) in [4.78, 5) is 24.5. The summed E-state index contributed by atoms with van der Waals surface area (Å²) < 4.78 is 19.6. The number of likely N-dealkylation sites (tertiary alicyclic amines) is 1. The molecule has 0 radical (unpaired) electrons. The molecular weight excluding hydrogens is 361 g/mol. The van der Waals surface area contributed by atoms with Crippen LogP contribution in [-0.4, -0.2) is 58.6 Å². The molecular formula is C20H28FN5O2. The second-order valence-corrected chi connectivity index (χ2v) is 8.12. The van der Waals surface area contributed by atoms with Crippen LogP contribution in [0.3, 0.4) is 0 Å². The van der Waals surface area contributed by atoms with Crippen LogP contribution in [0.5, 0.6) is 0 Å². The lowest BCUT2D eigenvalue weighted by Crippen LogP contribution is -2.47. The van der Waals surface area contributed by atoms with Crippen molar-refractivity contribution in [2.24, 2.45) is 4.99 Å². The number of nitrogens with one attached hydrogen (secondary N) is 1. The van der Waals surface area contributed by atoms with Gasteiger partial charge in [0, 0.05) is 38.1 Å². The predicted octanol–water partition coefficient (Wildman–Crippen LogP) is 3.07. The monoisotopic (exact) mass is 389 g/mol. The molecule has 28 heavy (non-hydrogen) atoms. The molecule has 3 heterocycles. The fourth-order valence-corrected chi connectivity index (χ4v) is 3.36. The Bertz CT molecular complexity index is 774. The Morgan fingerprint density at radius 2 is 2.21 bits per heavy atom. The minimum atomic E-state index is -0.521. The molecule has 8 heteroatoms. The first-order valence-corrected chi connectivity index (χ1v) is 9.57. The van der Waals surface area contributed by atoms with Crippen molar-refractivity contribution in [2.75, 3.05) is 20.1 Å². The van der Waals surface area contributed by atoms with Gasteiger partial charge in [-0.15, -0.1) is 0 Å². The average molecular weight is 389 g/mol. The van der Waals surface area contributed by atoms with Crippen LogP contribution in [0.1, 0.15) is 45.2 Å². The van der Waals surface area contributed by atoms with Crippen LogP contribution >= 0.6 is 0 Å². The number of aromatic nitrogens is 1. The number of halogens is 1. The van der Waals surface area contributed by atoms with Gasteiger partial charge in [0.05, 0.1) is 12.1 Å². The Kier molecular flexibility index (Phi) is 5.86. The van der Waals surface area contributed by atoms with Crippen LogP contribution in [0.2, 0.25) is 0 Å². The number of carbonyl (C=O) groups is 1. The van der Waals surface area contributed by atoms with Gasteiger partial charge in [0.25, 0.3) is 0 Å². The highest BCUT2D eigenvalue weighted by molar-refractivity contribution is 5.82. The number of carbonyl (C=O) groups excluding carboxylic acids is 1. The summed E-state index contributed by atoms with van der Waals surface area (Å²) in [6.07, 6.45) is 6.51. The molecule has 2 atom stereocenters. The summed E-state index contributed by atoms with van der Waals surface area (Å²) in [6.45, 7) is 6.75. The van der Waals surface area contributed by atoms with Crippen molar-refractivity contribution in [2.45, 2.75) is 51.3 Å². The smallest absolute Gasteiger partial charge is 0.410 e. The van der Waals surface area contributed by atoms with Crippen LogP contribution < -0.4 is 5.32 Å². The number of likely N-dealkylation sites (N-methyl/N-ethyl adjacent to an activating group) is 1. The standard InChI is InChI=1S/C20H28FN5O2/c1-20(2,3)28-19(27)26-12-6-7-14(13-26)24-18-23-11-9-16(25(18)4)15-8-5-10-22-17(15)21/h5,8-11,14,16H,6-7,12-13H2,1-4H3,(H,23,24). The third-order valence-corrected chi connectivity index (χ3v) is 4.70. The van der Waals surface area contributed by atoms with E-state index in [0.29, 0.717) is 24.6 Å². The lowest BCUT2D eigenvalue weighted by molar-refractivity contribution is 0.0200. The molecule has 3 rings (SSSR count). The van der Waals surface area contributed by atoms with Crippen LogP contribution in [0, 0.1) is 5.95 Å². The van der Waals surface area contributed by atoms with Crippen molar-refractivity contribution in [1.82, 2.24) is 20.1 Å². The molecule has 152 valence electrons. The SMILES string of the molecule is CN1C(=NC2CCCN(C(=O)OC(C)(C)C)C2)NC=CC1c1cccnc1F. The first-order valence-electron chi connectivity index (χ1n) is 9.57. The summed E-state index contributed by atoms with van der Waals surface area (Å²) in [5, 5.41) is 3.14. The zero-order chi connectivity index (χ0) is 20.3. The number of guanidine groups is 1. The van der Waals surface area contributed by atoms with Crippen molar-refractivity contribution in [3.8, 4) is 0 Å². The maximum atomic E-state index is 14.1. The van der Waals surface area contributed by atoms with E-state index in [1.165, 1.54) is 6.20 Å². The maximum Gasteiger partial charge on any atom is 0.410 e. The zero-order valence-corrected chi connectivity index (χ0v) is 16.9. The van der Waals surface area contributed by atoms with Crippen LogP contribution in [-0.2, 0) is 4.74 Å². The van der Waals surface area contributed by atoms with E-state index in [4.69, 9.17) is 9.73 Å². The third-order valence-electron chi connectivity index (χ3n) is 4.70. The minimum absolute atomic E-state index is 0.0443. The number of pyridine rings is 1. The molecule has 2 unspecified atom stereocenters. The van der Waals surface area contributed by atoms with Crippen molar-refractivity contribution >= 4 is 12.1 Å². The Balaban J connectivity index is 1.71. The molecule has 1 amide bonds. The van der Waals surface area contributed by atoms with Crippen molar-refractivity contribution in [3.63, 3.8) is 0 Å². The van der Waals surface area contributed by atoms with Gasteiger partial charge in [-0.2, -0.15) is 4.39 Å². The van der Waals surface area contributed by atoms with E-state index in [1.54, 1.807) is 23.2 Å². The highest BCUT2D eigenvalue weighted by atomic mass is 19.1. The molecule has 1 fully saturated rings. The van der Waals surface area contributed by atoms with E-state index in [1.807, 2.05) is 38.8 Å². The normalized spacial score (nSPS) is 24.2. The van der Waals surface area contributed by atoms with E-state index in [9.17, 15) is 9.18 Å². The topological polar surface area (TPSA) is 70.1 Å². The molecule has 0 aliphatic carbocycles. The molecule has 1 aromatic heterocycles. The number of aliphatic imine (C=N–C) groups is 1. The van der Waals surface area contributed by atoms with Gasteiger partial charge in [0.2, 0.25) is 5.95 Å². The zero-order valence-electron chi connectivity index (χ0n) is 16.9. The number of rotatable bonds is 2. The fraction of sp³-hybridized carbons (Fsp3) is 0.550. The molecule has 2 aliphatic heterocycles. The summed E-state index contributed by atoms with van der Waals surface area (Å²) in [7, 11) is 1.86. The summed E-state index contributed by atoms with van der Waals surface area (Å²) in [5.74, 6) is 0.158. The van der Waals surface area contributed by atoms with Crippen molar-refractivity contribution in [1.29, 1.82) is 0 Å². The highest BCUT2D eigenvalue weighted by Gasteiger charge is 2.29. The summed E-state index contributed by atoms with van der Waals surface area (Å²) >= 11 is 0. The van der Waals surface area contributed by atoms with Gasteiger partial charge in [-0.1, -0.05) is 6.07 Å². The second kappa shape index (κ2) is 8.16. The van der Waals surface area contributed by atoms with Gasteiger partial charge < -0.3 is 19.9 Å². The third kappa shape index (κ3) is 4.79. The lowest BCUT2D eigenvalue weighted by atomic mass is 10.1. The summed E-state index contributed by atoms with van der Waals surface area (Å²) in [5.41, 5.74) is -0.0261. The molecule has 1 N–H and O–H groups in total. The van der Waals surface area contributed by atoms with Gasteiger partial charge >= 0.3 is 6.09 Å². The Morgan fingerprint density at radius 1 is 1.43 bits per heavy atom. The largest absolute Gasteiger partial charge is 0.444 e. The molecule has 0 spiro atoms. The highest BCUT2D eigenvalue weighted by Crippen LogP contribution is 2.25. The lowest BCUT2D eigenvalue weighted by Gasteiger charge is -2.35. The van der Waals surface area contributed by atoms with Crippen LogP contribution in [0.25, 0.3) is 0 Å². The number of ether oxygens (including phenoxy) is 1. The number of piperidine rings is 1. The molecule has 1 aromatic rings. The van der Waals surface area contributed by atoms with Gasteiger partial charge in [0.1, 0.15) is 5.60 Å². The first kappa shape index (κ1) is 20.1. The molecule has 1 saturated heterocycles. The number of hydrogen-bond donors (Lipinski definition) is 1. The van der Waals surface area contributed by atoms with Crippen LogP contribution in [0.4, 0.5) is 9.18 Å². The molecule has 7 nitrogen and oxygen atoms in total. The predicted molar refractivity (Wildman–Crippen MR) is 105 cm³/mol. The Morgan fingerprint density at radius 3 is 2.93 bits per heavy atom. The average Bonchev–Trinajstić information content (AvgIpc) is 2.63. The molecule has 2 aliphatic rings. The van der Waals surface area contributed by atoms with E-state index in [0.717, 1.165) is 12.8 Å². The molecule has 0 saturated carbocycles. The summed E-state index contributed by atoms with van der Waals surface area (Å²) in [6, 6.07) is 3.11. The van der Waals surface area contributed by atoms with E-state index in [-0.39, 0.29) is 18.2 Å². The van der Waals surface area contributed by atoms with Gasteiger partial charge in [-0.05, 0) is 45.8 Å². The first-order chi connectivity index (χ1) is 13.2. The van der Waals surface area contributed by atoms with E-state index in [2.05, 4.69) is 10.3 Å². The van der Waals surface area contributed by atoms with E-state index >= 15 is 0 Å².